The number of aromatic nitrogens is 2. The van der Waals surface area contributed by atoms with E-state index in [1.165, 1.54) is 19.3 Å². The molecule has 88 valence electrons. The Labute approximate surface area is 97.9 Å². The molecular formula is C13H21N3. The van der Waals surface area contributed by atoms with E-state index in [0.717, 1.165) is 24.6 Å². The van der Waals surface area contributed by atoms with E-state index in [1.54, 1.807) is 6.33 Å². The molecule has 1 aromatic heterocycles. The molecule has 1 saturated heterocycles. The highest BCUT2D eigenvalue weighted by Crippen LogP contribution is 2.31. The van der Waals surface area contributed by atoms with E-state index < -0.39 is 0 Å². The van der Waals surface area contributed by atoms with E-state index in [2.05, 4.69) is 34.8 Å². The third kappa shape index (κ3) is 2.71. The van der Waals surface area contributed by atoms with Crippen LogP contribution in [0, 0.1) is 12.3 Å². The van der Waals surface area contributed by atoms with E-state index in [1.807, 2.05) is 6.92 Å². The van der Waals surface area contributed by atoms with Crippen LogP contribution in [0.4, 0.5) is 5.82 Å². The SMILES string of the molecule is Cc1cc(N2CCCC(C)(C)CC2)ncn1. The molecule has 0 spiro atoms. The van der Waals surface area contributed by atoms with Gasteiger partial charge in [-0.2, -0.15) is 0 Å². The second-order valence-corrected chi connectivity index (χ2v) is 5.52. The Morgan fingerprint density at radius 1 is 1.19 bits per heavy atom. The second kappa shape index (κ2) is 4.40. The third-order valence-corrected chi connectivity index (χ3v) is 3.45. The van der Waals surface area contributed by atoms with Crippen LogP contribution in [-0.4, -0.2) is 23.1 Å². The molecule has 1 aliphatic heterocycles. The molecule has 0 saturated carbocycles. The number of hydrogen-bond donors (Lipinski definition) is 0. The molecule has 1 aromatic rings. The molecule has 3 nitrogen and oxygen atoms in total. The van der Waals surface area contributed by atoms with Crippen molar-refractivity contribution in [2.75, 3.05) is 18.0 Å². The highest BCUT2D eigenvalue weighted by atomic mass is 15.2. The van der Waals surface area contributed by atoms with Crippen molar-refractivity contribution in [2.24, 2.45) is 5.41 Å². The number of nitrogens with zero attached hydrogens (tertiary/aromatic N) is 3. The van der Waals surface area contributed by atoms with E-state index >= 15 is 0 Å². The molecule has 0 aromatic carbocycles. The van der Waals surface area contributed by atoms with Crippen LogP contribution in [-0.2, 0) is 0 Å². The van der Waals surface area contributed by atoms with Gasteiger partial charge in [-0.15, -0.1) is 0 Å². The topological polar surface area (TPSA) is 29.0 Å². The first kappa shape index (κ1) is 11.4. The summed E-state index contributed by atoms with van der Waals surface area (Å²) >= 11 is 0. The fraction of sp³-hybridized carbons (Fsp3) is 0.692. The fourth-order valence-corrected chi connectivity index (χ4v) is 2.27. The van der Waals surface area contributed by atoms with Crippen LogP contribution in [0.5, 0.6) is 0 Å². The quantitative estimate of drug-likeness (QED) is 0.727. The largest absolute Gasteiger partial charge is 0.356 e. The van der Waals surface area contributed by atoms with Gasteiger partial charge in [-0.1, -0.05) is 13.8 Å². The molecule has 0 amide bonds. The monoisotopic (exact) mass is 219 g/mol. The van der Waals surface area contributed by atoms with Gasteiger partial charge in [0, 0.05) is 24.8 Å². The van der Waals surface area contributed by atoms with Crippen LogP contribution in [0.3, 0.4) is 0 Å². The fourth-order valence-electron chi connectivity index (χ4n) is 2.27. The van der Waals surface area contributed by atoms with Gasteiger partial charge in [-0.3, -0.25) is 0 Å². The van der Waals surface area contributed by atoms with Gasteiger partial charge < -0.3 is 4.90 Å². The molecule has 3 heteroatoms. The van der Waals surface area contributed by atoms with Crippen molar-refractivity contribution in [2.45, 2.75) is 40.0 Å². The Balaban J connectivity index is 2.11. The molecule has 0 bridgehead atoms. The summed E-state index contributed by atoms with van der Waals surface area (Å²) in [5.74, 6) is 1.09. The summed E-state index contributed by atoms with van der Waals surface area (Å²) in [7, 11) is 0. The Hall–Kier alpha value is -1.12. The van der Waals surface area contributed by atoms with Gasteiger partial charge in [0.25, 0.3) is 0 Å². The minimum Gasteiger partial charge on any atom is -0.356 e. The summed E-state index contributed by atoms with van der Waals surface area (Å²) in [4.78, 5) is 10.9. The molecule has 1 aliphatic rings. The Kier molecular flexibility index (Phi) is 3.13. The van der Waals surface area contributed by atoms with Crippen molar-refractivity contribution >= 4 is 5.82 Å². The first-order valence-electron chi connectivity index (χ1n) is 6.10. The first-order valence-corrected chi connectivity index (χ1v) is 6.10. The lowest BCUT2D eigenvalue weighted by atomic mass is 9.85. The number of hydrogen-bond acceptors (Lipinski definition) is 3. The number of aryl methyl sites for hydroxylation is 1. The maximum atomic E-state index is 4.37. The molecule has 2 rings (SSSR count). The van der Waals surface area contributed by atoms with Crippen molar-refractivity contribution in [3.8, 4) is 0 Å². The summed E-state index contributed by atoms with van der Waals surface area (Å²) < 4.78 is 0. The van der Waals surface area contributed by atoms with E-state index in [-0.39, 0.29) is 0 Å². The molecule has 0 radical (unpaired) electrons. The number of rotatable bonds is 1. The lowest BCUT2D eigenvalue weighted by Gasteiger charge is -2.24. The normalized spacial score (nSPS) is 20.6. The molecular weight excluding hydrogens is 198 g/mol. The van der Waals surface area contributed by atoms with E-state index in [9.17, 15) is 0 Å². The lowest BCUT2D eigenvalue weighted by molar-refractivity contribution is 0.325. The Morgan fingerprint density at radius 2 is 2.00 bits per heavy atom. The standard InChI is InChI=1S/C13H21N3/c1-11-9-12(15-10-14-11)16-7-4-5-13(2,3)6-8-16/h9-10H,4-8H2,1-3H3. The van der Waals surface area contributed by atoms with Crippen molar-refractivity contribution in [1.82, 2.24) is 9.97 Å². The summed E-state index contributed by atoms with van der Waals surface area (Å²) in [5.41, 5.74) is 1.53. The van der Waals surface area contributed by atoms with Gasteiger partial charge in [0.05, 0.1) is 0 Å². The van der Waals surface area contributed by atoms with Crippen molar-refractivity contribution in [1.29, 1.82) is 0 Å². The summed E-state index contributed by atoms with van der Waals surface area (Å²) in [6.07, 6.45) is 5.49. The van der Waals surface area contributed by atoms with Gasteiger partial charge >= 0.3 is 0 Å². The number of anilines is 1. The van der Waals surface area contributed by atoms with Gasteiger partial charge in [0.2, 0.25) is 0 Å². The second-order valence-electron chi connectivity index (χ2n) is 5.52. The highest BCUT2D eigenvalue weighted by molar-refractivity contribution is 5.38. The Bertz CT molecular complexity index is 360. The van der Waals surface area contributed by atoms with E-state index in [4.69, 9.17) is 0 Å². The summed E-state index contributed by atoms with van der Waals surface area (Å²) in [6.45, 7) is 8.99. The zero-order chi connectivity index (χ0) is 11.6. The predicted octanol–water partition coefficient (Wildman–Crippen LogP) is 2.80. The molecule has 16 heavy (non-hydrogen) atoms. The average Bonchev–Trinajstić information content (AvgIpc) is 2.39. The van der Waals surface area contributed by atoms with Gasteiger partial charge in [0.15, 0.2) is 0 Å². The molecule has 0 atom stereocenters. The van der Waals surface area contributed by atoms with Crippen LogP contribution < -0.4 is 4.90 Å². The smallest absolute Gasteiger partial charge is 0.132 e. The minimum atomic E-state index is 0.483. The molecule has 0 N–H and O–H groups in total. The van der Waals surface area contributed by atoms with Crippen molar-refractivity contribution in [3.63, 3.8) is 0 Å². The van der Waals surface area contributed by atoms with Gasteiger partial charge in [-0.25, -0.2) is 9.97 Å². The average molecular weight is 219 g/mol. The van der Waals surface area contributed by atoms with Crippen LogP contribution >= 0.6 is 0 Å². The third-order valence-electron chi connectivity index (χ3n) is 3.45. The maximum absolute atomic E-state index is 4.37. The van der Waals surface area contributed by atoms with Crippen LogP contribution in [0.2, 0.25) is 0 Å². The predicted molar refractivity (Wildman–Crippen MR) is 66.6 cm³/mol. The van der Waals surface area contributed by atoms with Crippen LogP contribution in [0.1, 0.15) is 38.8 Å². The van der Waals surface area contributed by atoms with Crippen LogP contribution in [0.25, 0.3) is 0 Å². The molecule has 2 heterocycles. The lowest BCUT2D eigenvalue weighted by Crippen LogP contribution is -2.26. The maximum Gasteiger partial charge on any atom is 0.132 e. The van der Waals surface area contributed by atoms with E-state index in [0.29, 0.717) is 5.41 Å². The van der Waals surface area contributed by atoms with Crippen molar-refractivity contribution in [3.05, 3.63) is 18.1 Å². The summed E-state index contributed by atoms with van der Waals surface area (Å²) in [5, 5.41) is 0. The zero-order valence-electron chi connectivity index (χ0n) is 10.5. The molecule has 1 fully saturated rings. The minimum absolute atomic E-state index is 0.483. The molecule has 0 unspecified atom stereocenters. The first-order chi connectivity index (χ1) is 7.57. The molecule has 0 aliphatic carbocycles. The summed E-state index contributed by atoms with van der Waals surface area (Å²) in [6, 6.07) is 2.08. The van der Waals surface area contributed by atoms with Crippen LogP contribution in [0.15, 0.2) is 12.4 Å². The van der Waals surface area contributed by atoms with Gasteiger partial charge in [0.1, 0.15) is 12.1 Å². The van der Waals surface area contributed by atoms with Gasteiger partial charge in [-0.05, 0) is 31.6 Å². The Morgan fingerprint density at radius 3 is 2.75 bits per heavy atom. The highest BCUT2D eigenvalue weighted by Gasteiger charge is 2.23. The zero-order valence-corrected chi connectivity index (χ0v) is 10.5. The van der Waals surface area contributed by atoms with Crippen molar-refractivity contribution < 1.29 is 0 Å².